The molecule has 16 heavy (non-hydrogen) atoms. The molecule has 6 heteroatoms. The molecule has 0 saturated carbocycles. The second-order valence-electron chi connectivity index (χ2n) is 3.09. The van der Waals surface area contributed by atoms with E-state index < -0.39 is 0 Å². The van der Waals surface area contributed by atoms with Gasteiger partial charge in [-0.15, -0.1) is 0 Å². The summed E-state index contributed by atoms with van der Waals surface area (Å²) in [6.07, 6.45) is 0. The Morgan fingerprint density at radius 1 is 1.69 bits per heavy atom. The third kappa shape index (κ3) is 2.76. The molecule has 0 aliphatic heterocycles. The lowest BCUT2D eigenvalue weighted by molar-refractivity contribution is -0.139. The van der Waals surface area contributed by atoms with E-state index in [4.69, 9.17) is 10.00 Å². The van der Waals surface area contributed by atoms with Gasteiger partial charge in [-0.2, -0.15) is 10.4 Å². The summed E-state index contributed by atoms with van der Waals surface area (Å²) in [5, 5.41) is 13.8. The van der Waals surface area contributed by atoms with Crippen molar-refractivity contribution < 1.29 is 9.53 Å². The second-order valence-corrected chi connectivity index (χ2v) is 4.06. The van der Waals surface area contributed by atoms with Crippen molar-refractivity contribution in [3.8, 4) is 6.07 Å². The third-order valence-electron chi connectivity index (χ3n) is 1.91. The Kier molecular flexibility index (Phi) is 4.38. The smallest absolute Gasteiger partial charge is 0.316 e. The van der Waals surface area contributed by atoms with Crippen molar-refractivity contribution in [2.24, 2.45) is 7.05 Å². The van der Waals surface area contributed by atoms with Crippen molar-refractivity contribution in [2.45, 2.75) is 18.9 Å². The number of nitriles is 1. The minimum absolute atomic E-state index is 0.196. The second kappa shape index (κ2) is 5.56. The summed E-state index contributed by atoms with van der Waals surface area (Å²) in [5.41, 5.74) is 1.20. The maximum Gasteiger partial charge on any atom is 0.316 e. The average Bonchev–Trinajstić information content (AvgIpc) is 2.50. The van der Waals surface area contributed by atoms with Gasteiger partial charge in [0, 0.05) is 7.05 Å². The molecule has 1 rings (SSSR count). The molecule has 0 fully saturated rings. The molecule has 1 heterocycles. The Bertz CT molecular complexity index is 434. The van der Waals surface area contributed by atoms with Crippen molar-refractivity contribution in [1.29, 1.82) is 5.26 Å². The van der Waals surface area contributed by atoms with Gasteiger partial charge in [-0.05, 0) is 13.8 Å². The summed E-state index contributed by atoms with van der Waals surface area (Å²) in [7, 11) is 1.75. The van der Waals surface area contributed by atoms with E-state index in [0.29, 0.717) is 22.9 Å². The van der Waals surface area contributed by atoms with Gasteiger partial charge in [0.05, 0.1) is 18.1 Å². The fourth-order valence-electron chi connectivity index (χ4n) is 1.26. The molecule has 0 aromatic carbocycles. The molecule has 0 unspecified atom stereocenters. The van der Waals surface area contributed by atoms with Gasteiger partial charge in [-0.1, -0.05) is 11.8 Å². The van der Waals surface area contributed by atoms with Crippen LogP contribution < -0.4 is 0 Å². The van der Waals surface area contributed by atoms with Crippen LogP contribution >= 0.6 is 11.8 Å². The molecule has 0 atom stereocenters. The van der Waals surface area contributed by atoms with Crippen LogP contribution in [-0.4, -0.2) is 28.1 Å². The first-order chi connectivity index (χ1) is 7.60. The first-order valence-electron chi connectivity index (χ1n) is 4.82. The van der Waals surface area contributed by atoms with E-state index in [1.54, 1.807) is 25.6 Å². The quantitative estimate of drug-likeness (QED) is 0.584. The third-order valence-corrected chi connectivity index (χ3v) is 3.04. The molecule has 5 nitrogen and oxygen atoms in total. The zero-order chi connectivity index (χ0) is 12.1. The summed E-state index contributed by atoms with van der Waals surface area (Å²) in [6.45, 7) is 3.90. The molecule has 0 bridgehead atoms. The highest BCUT2D eigenvalue weighted by Gasteiger charge is 2.14. The predicted octanol–water partition coefficient (Wildman–Crippen LogP) is 1.26. The van der Waals surface area contributed by atoms with Crippen LogP contribution in [0.1, 0.15) is 18.2 Å². The number of thioether (sulfide) groups is 1. The Balaban J connectivity index is 2.74. The number of esters is 1. The number of rotatable bonds is 4. The van der Waals surface area contributed by atoms with E-state index in [1.807, 2.05) is 0 Å². The van der Waals surface area contributed by atoms with Crippen molar-refractivity contribution >= 4 is 17.7 Å². The predicted molar refractivity (Wildman–Crippen MR) is 60.0 cm³/mol. The standard InChI is InChI=1S/C10H13N3O2S/c1-4-15-9(14)6-16-10-8(5-11)7(2)12-13(10)3/h4,6H2,1-3H3. The molecule has 0 radical (unpaired) electrons. The number of aromatic nitrogens is 2. The lowest BCUT2D eigenvalue weighted by atomic mass is 10.3. The van der Waals surface area contributed by atoms with Gasteiger partial charge in [-0.3, -0.25) is 9.48 Å². The molecule has 1 aromatic heterocycles. The molecular formula is C10H13N3O2S. The van der Waals surface area contributed by atoms with Crippen LogP contribution in [0.5, 0.6) is 0 Å². The topological polar surface area (TPSA) is 67.9 Å². The van der Waals surface area contributed by atoms with Gasteiger partial charge in [-0.25, -0.2) is 0 Å². The zero-order valence-corrected chi connectivity index (χ0v) is 10.3. The molecule has 0 N–H and O–H groups in total. The van der Waals surface area contributed by atoms with E-state index in [9.17, 15) is 4.79 Å². The van der Waals surface area contributed by atoms with E-state index in [-0.39, 0.29) is 11.7 Å². The maximum absolute atomic E-state index is 11.2. The van der Waals surface area contributed by atoms with Crippen LogP contribution in [0.25, 0.3) is 0 Å². The van der Waals surface area contributed by atoms with Crippen LogP contribution in [0, 0.1) is 18.3 Å². The monoisotopic (exact) mass is 239 g/mol. The molecular weight excluding hydrogens is 226 g/mol. The first-order valence-corrected chi connectivity index (χ1v) is 5.80. The number of carbonyl (C=O) groups is 1. The Morgan fingerprint density at radius 3 is 2.94 bits per heavy atom. The molecule has 0 aliphatic carbocycles. The van der Waals surface area contributed by atoms with Crippen LogP contribution in [-0.2, 0) is 16.6 Å². The van der Waals surface area contributed by atoms with E-state index >= 15 is 0 Å². The minimum atomic E-state index is -0.282. The van der Waals surface area contributed by atoms with Crippen molar-refractivity contribution in [2.75, 3.05) is 12.4 Å². The number of hydrogen-bond acceptors (Lipinski definition) is 5. The van der Waals surface area contributed by atoms with Gasteiger partial charge in [0.25, 0.3) is 0 Å². The van der Waals surface area contributed by atoms with Crippen molar-refractivity contribution in [3.05, 3.63) is 11.3 Å². The van der Waals surface area contributed by atoms with Gasteiger partial charge in [0.2, 0.25) is 0 Å². The molecule has 0 aliphatic rings. The average molecular weight is 239 g/mol. The highest BCUT2D eigenvalue weighted by molar-refractivity contribution is 8.00. The van der Waals surface area contributed by atoms with Crippen LogP contribution in [0.4, 0.5) is 0 Å². The Hall–Kier alpha value is -1.48. The maximum atomic E-state index is 11.2. The lowest BCUT2D eigenvalue weighted by Crippen LogP contribution is -2.07. The molecule has 86 valence electrons. The Morgan fingerprint density at radius 2 is 2.38 bits per heavy atom. The van der Waals surface area contributed by atoms with Crippen molar-refractivity contribution in [3.63, 3.8) is 0 Å². The summed E-state index contributed by atoms with van der Waals surface area (Å²) >= 11 is 1.27. The highest BCUT2D eigenvalue weighted by atomic mass is 32.2. The van der Waals surface area contributed by atoms with Crippen molar-refractivity contribution in [1.82, 2.24) is 9.78 Å². The number of hydrogen-bond donors (Lipinski definition) is 0. The van der Waals surface area contributed by atoms with E-state index in [2.05, 4.69) is 11.2 Å². The zero-order valence-electron chi connectivity index (χ0n) is 9.48. The minimum Gasteiger partial charge on any atom is -0.465 e. The van der Waals surface area contributed by atoms with Crippen LogP contribution in [0.2, 0.25) is 0 Å². The van der Waals surface area contributed by atoms with Crippen LogP contribution in [0.15, 0.2) is 5.03 Å². The van der Waals surface area contributed by atoms with E-state index in [0.717, 1.165) is 0 Å². The number of nitrogens with zero attached hydrogens (tertiary/aromatic N) is 3. The summed E-state index contributed by atoms with van der Waals surface area (Å²) in [4.78, 5) is 11.2. The first kappa shape index (κ1) is 12.6. The summed E-state index contributed by atoms with van der Waals surface area (Å²) < 4.78 is 6.42. The van der Waals surface area contributed by atoms with E-state index in [1.165, 1.54) is 11.8 Å². The Labute approximate surface area is 98.4 Å². The summed E-state index contributed by atoms with van der Waals surface area (Å²) in [5.74, 6) is -0.0863. The largest absolute Gasteiger partial charge is 0.465 e. The number of carbonyl (C=O) groups excluding carboxylic acids is 1. The lowest BCUT2D eigenvalue weighted by Gasteiger charge is -2.02. The molecule has 0 saturated heterocycles. The number of aryl methyl sites for hydroxylation is 2. The fraction of sp³-hybridized carbons (Fsp3) is 0.500. The molecule has 1 aromatic rings. The van der Waals surface area contributed by atoms with Gasteiger partial charge in [0.1, 0.15) is 16.7 Å². The van der Waals surface area contributed by atoms with Crippen LogP contribution in [0.3, 0.4) is 0 Å². The van der Waals surface area contributed by atoms with Gasteiger partial charge < -0.3 is 4.74 Å². The van der Waals surface area contributed by atoms with Gasteiger partial charge >= 0.3 is 5.97 Å². The fourth-order valence-corrected chi connectivity index (χ4v) is 2.16. The normalized spacial score (nSPS) is 9.88. The highest BCUT2D eigenvalue weighted by Crippen LogP contribution is 2.23. The number of ether oxygens (including phenoxy) is 1. The SMILES string of the molecule is CCOC(=O)CSc1c(C#N)c(C)nn1C. The summed E-state index contributed by atoms with van der Waals surface area (Å²) in [6, 6.07) is 2.08. The molecule has 0 amide bonds. The molecule has 0 spiro atoms. The van der Waals surface area contributed by atoms with Gasteiger partial charge in [0.15, 0.2) is 0 Å².